The van der Waals surface area contributed by atoms with Crippen LogP contribution in [0.4, 0.5) is 0 Å². The summed E-state index contributed by atoms with van der Waals surface area (Å²) in [7, 11) is 0. The molecule has 0 bridgehead atoms. The van der Waals surface area contributed by atoms with Crippen molar-refractivity contribution in [2.75, 3.05) is 26.2 Å². The molecule has 6 rings (SSSR count). The Labute approximate surface area is 223 Å². The minimum Gasteiger partial charge on any atom is -0.359 e. The van der Waals surface area contributed by atoms with Gasteiger partial charge < -0.3 is 18.7 Å². The molecule has 0 saturated heterocycles. The van der Waals surface area contributed by atoms with Gasteiger partial charge in [-0.15, -0.1) is 32.8 Å². The van der Waals surface area contributed by atoms with Crippen molar-refractivity contribution < 1.29 is 28.3 Å². The van der Waals surface area contributed by atoms with Gasteiger partial charge in [0.15, 0.2) is 0 Å². The zero-order valence-electron chi connectivity index (χ0n) is 19.8. The zero-order valence-corrected chi connectivity index (χ0v) is 21.4. The highest BCUT2D eigenvalue weighted by atomic mass is 32.1. The average molecular weight is 553 g/mol. The summed E-state index contributed by atoms with van der Waals surface area (Å²) in [5, 5.41) is 14.6. The molecular weight excluding hydrogens is 532 g/mol. The molecule has 0 saturated carbocycles. The van der Waals surface area contributed by atoms with Crippen molar-refractivity contribution in [3.63, 3.8) is 0 Å². The molecule has 0 radical (unpaired) electrons. The first-order chi connectivity index (χ1) is 18.6. The van der Waals surface area contributed by atoms with Gasteiger partial charge in [0.25, 0.3) is 11.8 Å². The molecule has 0 amide bonds. The van der Waals surface area contributed by atoms with Crippen LogP contribution in [0.25, 0.3) is 32.5 Å². The summed E-state index contributed by atoms with van der Waals surface area (Å²) in [5.74, 6) is -0.575. The molecule has 2 aliphatic rings. The van der Waals surface area contributed by atoms with Crippen LogP contribution in [-0.2, 0) is 19.3 Å². The van der Waals surface area contributed by atoms with E-state index in [9.17, 15) is 9.59 Å². The van der Waals surface area contributed by atoms with Crippen molar-refractivity contribution in [2.24, 2.45) is 0 Å². The third-order valence-electron chi connectivity index (χ3n) is 5.71. The largest absolute Gasteiger partial charge is 0.438 e. The number of hydrogen-bond donors (Lipinski definition) is 0. The van der Waals surface area contributed by atoms with Crippen molar-refractivity contribution in [3.8, 4) is 21.4 Å². The van der Waals surface area contributed by atoms with Crippen LogP contribution >= 0.6 is 22.7 Å². The van der Waals surface area contributed by atoms with Crippen LogP contribution in [-0.4, -0.2) is 68.5 Å². The van der Waals surface area contributed by atoms with Gasteiger partial charge in [-0.3, -0.25) is 0 Å². The zero-order chi connectivity index (χ0) is 25.9. The van der Waals surface area contributed by atoms with E-state index < -0.39 is 11.9 Å². The molecule has 0 aliphatic carbocycles. The first-order valence-electron chi connectivity index (χ1n) is 11.7. The van der Waals surface area contributed by atoms with Gasteiger partial charge in [0.05, 0.1) is 22.8 Å². The van der Waals surface area contributed by atoms with E-state index >= 15 is 0 Å². The Hall–Kier alpha value is -3.98. The van der Waals surface area contributed by atoms with E-state index in [4.69, 9.17) is 18.7 Å². The number of carbonyl (C=O) groups excluding carboxylic acids is 2. The van der Waals surface area contributed by atoms with Crippen molar-refractivity contribution in [2.45, 2.75) is 12.8 Å². The summed E-state index contributed by atoms with van der Waals surface area (Å²) >= 11 is 3.01. The van der Waals surface area contributed by atoms with E-state index in [0.717, 1.165) is 9.75 Å². The highest BCUT2D eigenvalue weighted by Crippen LogP contribution is 2.27. The summed E-state index contributed by atoms with van der Waals surface area (Å²) in [6.07, 6.45) is 5.04. The SMILES string of the molecule is O=C(ON1CCC=C(c2nc(-c3cccs3)no2)C1)C(=O)ON1CCC=C(c2nc(-c3cccs3)no2)C1. The van der Waals surface area contributed by atoms with E-state index in [-0.39, 0.29) is 13.1 Å². The highest BCUT2D eigenvalue weighted by molar-refractivity contribution is 7.13. The van der Waals surface area contributed by atoms with Crippen LogP contribution in [0.5, 0.6) is 0 Å². The number of thiophene rings is 2. The quantitative estimate of drug-likeness (QED) is 0.322. The van der Waals surface area contributed by atoms with Crippen molar-refractivity contribution >= 4 is 45.8 Å². The van der Waals surface area contributed by atoms with Crippen LogP contribution in [0.3, 0.4) is 0 Å². The maximum absolute atomic E-state index is 12.5. The Morgan fingerprint density at radius 3 is 1.66 bits per heavy atom. The lowest BCUT2D eigenvalue weighted by Crippen LogP contribution is -2.39. The molecule has 6 heterocycles. The predicted octanol–water partition coefficient (Wildman–Crippen LogP) is 3.70. The maximum Gasteiger partial charge on any atom is 0.438 e. The van der Waals surface area contributed by atoms with E-state index in [0.29, 0.717) is 60.5 Å². The summed E-state index contributed by atoms with van der Waals surface area (Å²) in [6, 6.07) is 7.62. The number of carbonyl (C=O) groups is 2. The van der Waals surface area contributed by atoms with Gasteiger partial charge in [0.2, 0.25) is 11.6 Å². The Morgan fingerprint density at radius 2 is 1.24 bits per heavy atom. The van der Waals surface area contributed by atoms with Crippen LogP contribution in [0.2, 0.25) is 0 Å². The second-order valence-electron chi connectivity index (χ2n) is 8.32. The fourth-order valence-electron chi connectivity index (χ4n) is 3.93. The molecule has 4 aromatic rings. The minimum atomic E-state index is -1.12. The third-order valence-corrected chi connectivity index (χ3v) is 7.44. The molecule has 0 unspecified atom stereocenters. The van der Waals surface area contributed by atoms with Crippen LogP contribution in [0.1, 0.15) is 24.6 Å². The molecule has 14 heteroatoms. The van der Waals surface area contributed by atoms with Gasteiger partial charge in [-0.05, 0) is 35.7 Å². The first-order valence-corrected chi connectivity index (χ1v) is 13.5. The number of hydrogen-bond acceptors (Lipinski definition) is 14. The summed E-state index contributed by atoms with van der Waals surface area (Å²) in [4.78, 5) is 46.2. The third kappa shape index (κ3) is 5.33. The number of rotatable bonds is 6. The van der Waals surface area contributed by atoms with Crippen LogP contribution in [0.15, 0.2) is 56.2 Å². The van der Waals surface area contributed by atoms with E-state index in [1.807, 2.05) is 47.2 Å². The Bertz CT molecular complexity index is 1380. The molecule has 38 heavy (non-hydrogen) atoms. The summed E-state index contributed by atoms with van der Waals surface area (Å²) in [5.41, 5.74) is 1.42. The van der Waals surface area contributed by atoms with Gasteiger partial charge in [0, 0.05) is 24.2 Å². The van der Waals surface area contributed by atoms with Crippen LogP contribution < -0.4 is 0 Å². The molecule has 0 aromatic carbocycles. The van der Waals surface area contributed by atoms with Crippen molar-refractivity contribution in [1.29, 1.82) is 0 Å². The second-order valence-corrected chi connectivity index (χ2v) is 10.2. The predicted molar refractivity (Wildman–Crippen MR) is 136 cm³/mol. The van der Waals surface area contributed by atoms with Crippen LogP contribution in [0, 0.1) is 0 Å². The fraction of sp³-hybridized carbons (Fsp3) is 0.250. The summed E-state index contributed by atoms with van der Waals surface area (Å²) < 4.78 is 10.8. The van der Waals surface area contributed by atoms with Gasteiger partial charge in [-0.25, -0.2) is 9.59 Å². The second kappa shape index (κ2) is 10.8. The van der Waals surface area contributed by atoms with Crippen molar-refractivity contribution in [3.05, 3.63) is 59.0 Å². The van der Waals surface area contributed by atoms with Gasteiger partial charge in [0.1, 0.15) is 0 Å². The fourth-order valence-corrected chi connectivity index (χ4v) is 5.23. The van der Waals surface area contributed by atoms with Gasteiger partial charge in [-0.1, -0.05) is 34.6 Å². The first kappa shape index (κ1) is 24.4. The minimum absolute atomic E-state index is 0.200. The molecule has 0 atom stereocenters. The molecule has 0 spiro atoms. The molecule has 0 fully saturated rings. The van der Waals surface area contributed by atoms with Crippen molar-refractivity contribution in [1.82, 2.24) is 30.4 Å². The lowest BCUT2D eigenvalue weighted by Gasteiger charge is -2.26. The highest BCUT2D eigenvalue weighted by Gasteiger charge is 2.29. The maximum atomic E-state index is 12.5. The number of hydroxylamine groups is 4. The molecule has 12 nitrogen and oxygen atoms in total. The normalized spacial score (nSPS) is 16.6. The molecule has 4 aromatic heterocycles. The Balaban J connectivity index is 1.02. The molecule has 0 N–H and O–H groups in total. The summed E-state index contributed by atoms with van der Waals surface area (Å²) in [6.45, 7) is 1.22. The lowest BCUT2D eigenvalue weighted by molar-refractivity contribution is -0.215. The standard InChI is InChI=1S/C24H20N6O6S2/c31-23(35-29-9-1-5-15(13-29)21-25-19(27-33-21)17-7-3-11-37-17)24(32)36-30-10-2-6-16(14-30)22-26-20(28-34-22)18-8-4-12-38-18/h3-8,11-12H,1-2,9-10,13-14H2. The smallest absolute Gasteiger partial charge is 0.359 e. The molecular formula is C24H20N6O6S2. The van der Waals surface area contributed by atoms with E-state index in [1.54, 1.807) is 0 Å². The monoisotopic (exact) mass is 552 g/mol. The van der Waals surface area contributed by atoms with E-state index in [2.05, 4.69) is 20.3 Å². The van der Waals surface area contributed by atoms with Gasteiger partial charge in [-0.2, -0.15) is 9.97 Å². The van der Waals surface area contributed by atoms with Gasteiger partial charge >= 0.3 is 11.9 Å². The lowest BCUT2D eigenvalue weighted by atomic mass is 10.1. The topological polar surface area (TPSA) is 137 Å². The number of aromatic nitrogens is 4. The Kier molecular flexibility index (Phi) is 6.92. The van der Waals surface area contributed by atoms with E-state index in [1.165, 1.54) is 32.8 Å². The Morgan fingerprint density at radius 1 is 0.763 bits per heavy atom. The molecule has 2 aliphatic heterocycles. The molecule has 194 valence electrons. The average Bonchev–Trinajstić information content (AvgIpc) is 3.76. The number of nitrogens with zero attached hydrogens (tertiary/aromatic N) is 6.